The van der Waals surface area contributed by atoms with Crippen molar-refractivity contribution in [1.29, 1.82) is 0 Å². The first kappa shape index (κ1) is 10.2. The molecule has 2 heteroatoms. The lowest BCUT2D eigenvalue weighted by atomic mass is 9.56. The van der Waals surface area contributed by atoms with Gasteiger partial charge in [0.2, 0.25) is 0 Å². The number of nitrogen functional groups attached to an aromatic ring is 1. The summed E-state index contributed by atoms with van der Waals surface area (Å²) in [5.74, 6) is 0.769. The second-order valence-corrected chi connectivity index (χ2v) is 5.47. The fourth-order valence-corrected chi connectivity index (χ4v) is 3.60. The maximum Gasteiger partial charge on any atom is 0.0639 e. The van der Waals surface area contributed by atoms with E-state index in [9.17, 15) is 5.11 Å². The van der Waals surface area contributed by atoms with Crippen molar-refractivity contribution in [2.45, 2.75) is 43.6 Å². The van der Waals surface area contributed by atoms with Gasteiger partial charge in [-0.2, -0.15) is 0 Å². The molecule has 16 heavy (non-hydrogen) atoms. The van der Waals surface area contributed by atoms with Crippen LogP contribution >= 0.6 is 0 Å². The Bertz CT molecular complexity index is 376. The van der Waals surface area contributed by atoms with Crippen molar-refractivity contribution in [2.75, 3.05) is 5.73 Å². The first-order valence-corrected chi connectivity index (χ1v) is 6.25. The summed E-state index contributed by atoms with van der Waals surface area (Å²) in [6.07, 6.45) is 5.68. The average Bonchev–Trinajstić information content (AvgIpc) is 2.31. The largest absolute Gasteiger partial charge is 0.399 e. The van der Waals surface area contributed by atoms with Crippen LogP contribution in [0, 0.1) is 5.92 Å². The Morgan fingerprint density at radius 3 is 2.31 bits per heavy atom. The van der Waals surface area contributed by atoms with Crippen molar-refractivity contribution in [3.05, 3.63) is 29.8 Å². The minimum Gasteiger partial charge on any atom is -0.399 e. The number of aliphatic hydroxyl groups excluding tert-OH is 1. The third-order valence-corrected chi connectivity index (χ3v) is 4.68. The van der Waals surface area contributed by atoms with Gasteiger partial charge in [0, 0.05) is 11.1 Å². The number of rotatable bonds is 1. The van der Waals surface area contributed by atoms with E-state index >= 15 is 0 Å². The highest BCUT2D eigenvalue weighted by Crippen LogP contribution is 2.51. The van der Waals surface area contributed by atoms with Crippen molar-refractivity contribution in [3.8, 4) is 0 Å². The lowest BCUT2D eigenvalue weighted by Gasteiger charge is -2.50. The molecule has 1 aromatic carbocycles. The highest BCUT2D eigenvalue weighted by molar-refractivity contribution is 5.42. The first-order valence-electron chi connectivity index (χ1n) is 6.25. The Morgan fingerprint density at radius 2 is 1.75 bits per heavy atom. The molecular formula is C14H19NO. The van der Waals surface area contributed by atoms with Gasteiger partial charge < -0.3 is 10.8 Å². The molecule has 0 aromatic heterocycles. The predicted molar refractivity (Wildman–Crippen MR) is 65.1 cm³/mol. The third-order valence-electron chi connectivity index (χ3n) is 4.68. The van der Waals surface area contributed by atoms with Gasteiger partial charge in [-0.1, -0.05) is 12.1 Å². The number of hydrogen-bond donors (Lipinski definition) is 2. The minimum atomic E-state index is -0.149. The SMILES string of the molecule is Nc1ccc(C23CCC(CC2)CC3O)cc1. The molecule has 1 atom stereocenters. The molecule has 3 fully saturated rings. The number of benzene rings is 1. The van der Waals surface area contributed by atoms with Gasteiger partial charge in [0.15, 0.2) is 0 Å². The van der Waals surface area contributed by atoms with Crippen molar-refractivity contribution >= 4 is 5.69 Å². The first-order chi connectivity index (χ1) is 7.71. The van der Waals surface area contributed by atoms with Crippen molar-refractivity contribution in [1.82, 2.24) is 0 Å². The standard InChI is InChI=1S/C14H19NO/c15-12-3-1-11(2-4-12)14-7-5-10(6-8-14)9-13(14)16/h1-4,10,13,16H,5-9,15H2. The summed E-state index contributed by atoms with van der Waals surface area (Å²) < 4.78 is 0. The van der Waals surface area contributed by atoms with Gasteiger partial charge in [0.25, 0.3) is 0 Å². The number of fused-ring (bicyclic) bond motifs is 3. The zero-order valence-electron chi connectivity index (χ0n) is 9.52. The maximum atomic E-state index is 10.3. The van der Waals surface area contributed by atoms with E-state index < -0.39 is 0 Å². The summed E-state index contributed by atoms with van der Waals surface area (Å²) >= 11 is 0. The molecule has 0 radical (unpaired) electrons. The Hall–Kier alpha value is -1.02. The quantitative estimate of drug-likeness (QED) is 0.710. The fourth-order valence-electron chi connectivity index (χ4n) is 3.60. The van der Waals surface area contributed by atoms with Gasteiger partial charge in [0.05, 0.1) is 6.10 Å². The van der Waals surface area contributed by atoms with Crippen LogP contribution in [-0.2, 0) is 5.41 Å². The third kappa shape index (κ3) is 1.36. The molecule has 1 aromatic rings. The van der Waals surface area contributed by atoms with Gasteiger partial charge in [-0.3, -0.25) is 0 Å². The van der Waals surface area contributed by atoms with Crippen molar-refractivity contribution in [2.24, 2.45) is 5.92 Å². The van der Waals surface area contributed by atoms with E-state index in [1.165, 1.54) is 18.4 Å². The summed E-state index contributed by atoms with van der Waals surface area (Å²) in [5, 5.41) is 10.3. The minimum absolute atomic E-state index is 0.0302. The van der Waals surface area contributed by atoms with Crippen LogP contribution < -0.4 is 5.73 Å². The number of aliphatic hydroxyl groups is 1. The van der Waals surface area contributed by atoms with Crippen LogP contribution in [0.1, 0.15) is 37.7 Å². The predicted octanol–water partition coefficient (Wildman–Crippen LogP) is 2.46. The van der Waals surface area contributed by atoms with Crippen LogP contribution in [0.15, 0.2) is 24.3 Å². The maximum absolute atomic E-state index is 10.3. The van der Waals surface area contributed by atoms with Crippen LogP contribution in [0.2, 0.25) is 0 Å². The molecule has 4 rings (SSSR count). The molecule has 0 heterocycles. The topological polar surface area (TPSA) is 46.2 Å². The Kier molecular flexibility index (Phi) is 2.21. The monoisotopic (exact) mass is 217 g/mol. The molecule has 2 bridgehead atoms. The zero-order valence-corrected chi connectivity index (χ0v) is 9.52. The smallest absolute Gasteiger partial charge is 0.0639 e. The zero-order chi connectivity index (χ0) is 11.2. The lowest BCUT2D eigenvalue weighted by molar-refractivity contribution is -0.0247. The molecule has 0 saturated heterocycles. The summed E-state index contributed by atoms with van der Waals surface area (Å²) in [4.78, 5) is 0. The molecular weight excluding hydrogens is 198 g/mol. The van der Waals surface area contributed by atoms with Crippen LogP contribution in [-0.4, -0.2) is 11.2 Å². The number of nitrogens with two attached hydrogens (primary N) is 1. The van der Waals surface area contributed by atoms with E-state index in [1.54, 1.807) is 0 Å². The highest BCUT2D eigenvalue weighted by Gasteiger charge is 2.47. The second kappa shape index (κ2) is 3.49. The van der Waals surface area contributed by atoms with Gasteiger partial charge in [-0.05, 0) is 55.7 Å². The van der Waals surface area contributed by atoms with E-state index in [-0.39, 0.29) is 11.5 Å². The summed E-state index contributed by atoms with van der Waals surface area (Å²) in [5.41, 5.74) is 7.84. The van der Waals surface area contributed by atoms with E-state index in [1.807, 2.05) is 12.1 Å². The van der Waals surface area contributed by atoms with Crippen LogP contribution in [0.25, 0.3) is 0 Å². The Balaban J connectivity index is 1.99. The fraction of sp³-hybridized carbons (Fsp3) is 0.571. The Morgan fingerprint density at radius 1 is 1.12 bits per heavy atom. The van der Waals surface area contributed by atoms with E-state index in [2.05, 4.69) is 12.1 Å². The number of hydrogen-bond acceptors (Lipinski definition) is 2. The molecule has 3 aliphatic carbocycles. The molecule has 0 amide bonds. The van der Waals surface area contributed by atoms with Gasteiger partial charge in [-0.15, -0.1) is 0 Å². The summed E-state index contributed by atoms with van der Waals surface area (Å²) in [6.45, 7) is 0. The van der Waals surface area contributed by atoms with Gasteiger partial charge in [-0.25, -0.2) is 0 Å². The molecule has 1 unspecified atom stereocenters. The van der Waals surface area contributed by atoms with E-state index in [4.69, 9.17) is 5.73 Å². The average molecular weight is 217 g/mol. The molecule has 3 aliphatic rings. The molecule has 3 N–H and O–H groups in total. The molecule has 0 aliphatic heterocycles. The molecule has 3 saturated carbocycles. The molecule has 0 spiro atoms. The highest BCUT2D eigenvalue weighted by atomic mass is 16.3. The van der Waals surface area contributed by atoms with Gasteiger partial charge in [0.1, 0.15) is 0 Å². The molecule has 86 valence electrons. The van der Waals surface area contributed by atoms with Crippen molar-refractivity contribution in [3.63, 3.8) is 0 Å². The van der Waals surface area contributed by atoms with E-state index in [0.717, 1.165) is 30.9 Å². The van der Waals surface area contributed by atoms with Crippen LogP contribution in [0.5, 0.6) is 0 Å². The van der Waals surface area contributed by atoms with Crippen LogP contribution in [0.4, 0.5) is 5.69 Å². The normalized spacial score (nSPS) is 37.6. The van der Waals surface area contributed by atoms with Crippen LogP contribution in [0.3, 0.4) is 0 Å². The van der Waals surface area contributed by atoms with E-state index in [0.29, 0.717) is 0 Å². The second-order valence-electron chi connectivity index (χ2n) is 5.47. The Labute approximate surface area is 96.5 Å². The summed E-state index contributed by atoms with van der Waals surface area (Å²) in [6, 6.07) is 8.11. The van der Waals surface area contributed by atoms with Gasteiger partial charge >= 0.3 is 0 Å². The number of anilines is 1. The van der Waals surface area contributed by atoms with Crippen molar-refractivity contribution < 1.29 is 5.11 Å². The lowest BCUT2D eigenvalue weighted by Crippen LogP contribution is -2.49. The summed E-state index contributed by atoms with van der Waals surface area (Å²) in [7, 11) is 0. The molecule has 2 nitrogen and oxygen atoms in total.